The summed E-state index contributed by atoms with van der Waals surface area (Å²) in [5.74, 6) is 0.976. The van der Waals surface area contributed by atoms with Gasteiger partial charge in [-0.05, 0) is 26.0 Å². The van der Waals surface area contributed by atoms with Crippen molar-refractivity contribution in [1.82, 2.24) is 15.0 Å². The average molecular weight is 347 g/mol. The van der Waals surface area contributed by atoms with Crippen molar-refractivity contribution in [3.63, 3.8) is 0 Å². The van der Waals surface area contributed by atoms with Gasteiger partial charge < -0.3 is 15.2 Å². The molecule has 0 aromatic carbocycles. The van der Waals surface area contributed by atoms with Crippen LogP contribution < -0.4 is 10.2 Å². The van der Waals surface area contributed by atoms with E-state index in [0.29, 0.717) is 36.2 Å². The van der Waals surface area contributed by atoms with Gasteiger partial charge in [0.15, 0.2) is 11.6 Å². The number of hydrogen-bond acceptors (Lipinski definition) is 7. The molecular formula is C17H25N5O3. The lowest BCUT2D eigenvalue weighted by Crippen LogP contribution is -2.42. The molecule has 1 aliphatic heterocycles. The highest BCUT2D eigenvalue weighted by Gasteiger charge is 2.26. The fraction of sp³-hybridized carbons (Fsp3) is 0.412. The van der Waals surface area contributed by atoms with Crippen molar-refractivity contribution < 1.29 is 17.5 Å². The fourth-order valence-electron chi connectivity index (χ4n) is 2.52. The number of nitrogens with one attached hydrogen (secondary N) is 1. The Morgan fingerprint density at radius 1 is 1.36 bits per heavy atom. The van der Waals surface area contributed by atoms with E-state index >= 15 is 0 Å². The molecule has 25 heavy (non-hydrogen) atoms. The highest BCUT2D eigenvalue weighted by Crippen LogP contribution is 2.28. The first-order valence-electron chi connectivity index (χ1n) is 7.99. The second-order valence-corrected chi connectivity index (χ2v) is 6.31. The van der Waals surface area contributed by atoms with Gasteiger partial charge in [0.2, 0.25) is 5.91 Å². The Kier molecular flexibility index (Phi) is 4.65. The number of hydrogen-bond donors (Lipinski definition) is 2. The summed E-state index contributed by atoms with van der Waals surface area (Å²) in [5.41, 5.74) is 0.925. The van der Waals surface area contributed by atoms with E-state index in [1.54, 1.807) is 44.3 Å². The molecule has 8 nitrogen and oxygen atoms in total. The maximum Gasteiger partial charge on any atom is 0.247 e. The second kappa shape index (κ2) is 6.73. The Bertz CT molecular complexity index is 781. The molecule has 1 aliphatic rings. The number of methoxy groups -OCH3 is 1. The molecule has 136 valence electrons. The van der Waals surface area contributed by atoms with Gasteiger partial charge in [-0.15, -0.1) is 0 Å². The average Bonchev–Trinajstić information content (AvgIpc) is 2.60. The fourth-order valence-corrected chi connectivity index (χ4v) is 2.52. The van der Waals surface area contributed by atoms with Crippen molar-refractivity contribution in [1.29, 1.82) is 0 Å². The van der Waals surface area contributed by atoms with E-state index in [0.717, 1.165) is 5.56 Å². The van der Waals surface area contributed by atoms with Crippen LogP contribution in [0.3, 0.4) is 0 Å². The number of fused-ring (bicyclic) bond motifs is 1. The third kappa shape index (κ3) is 3.59. The Morgan fingerprint density at radius 3 is 2.80 bits per heavy atom. The monoisotopic (exact) mass is 347 g/mol. The van der Waals surface area contributed by atoms with E-state index in [1.807, 2.05) is 6.07 Å². The highest BCUT2D eigenvalue weighted by atomic mass is 16.5. The minimum atomic E-state index is -1.01. The van der Waals surface area contributed by atoms with Crippen LogP contribution in [-0.4, -0.2) is 52.8 Å². The first-order chi connectivity index (χ1) is 11.9. The van der Waals surface area contributed by atoms with E-state index < -0.39 is 5.60 Å². The molecule has 0 unspecified atom stereocenters. The Labute approximate surface area is 148 Å². The predicted molar refractivity (Wildman–Crippen MR) is 97.5 cm³/mol. The zero-order valence-corrected chi connectivity index (χ0v) is 14.5. The van der Waals surface area contributed by atoms with E-state index in [2.05, 4.69) is 20.3 Å². The molecule has 0 fully saturated rings. The van der Waals surface area contributed by atoms with Crippen LogP contribution in [0.1, 0.15) is 22.4 Å². The van der Waals surface area contributed by atoms with Gasteiger partial charge in [-0.25, -0.2) is 9.97 Å². The van der Waals surface area contributed by atoms with Crippen molar-refractivity contribution in [2.45, 2.75) is 19.4 Å². The number of anilines is 2. The Morgan fingerprint density at radius 2 is 2.16 bits per heavy atom. The largest absolute Gasteiger partial charge is 0.384 e. The summed E-state index contributed by atoms with van der Waals surface area (Å²) < 4.78 is 5.07. The van der Waals surface area contributed by atoms with Crippen molar-refractivity contribution in [2.24, 2.45) is 0 Å². The minimum Gasteiger partial charge on any atom is -0.384 e. The number of pyridine rings is 1. The molecule has 2 aromatic heterocycles. The molecular weight excluding hydrogens is 322 g/mol. The molecule has 1 amide bonds. The summed E-state index contributed by atoms with van der Waals surface area (Å²) in [6, 6.07) is 3.58. The zero-order valence-electron chi connectivity index (χ0n) is 14.5. The summed E-state index contributed by atoms with van der Waals surface area (Å²) in [7, 11) is 1.59. The molecule has 2 N–H and O–H groups in total. The number of aromatic nitrogens is 3. The van der Waals surface area contributed by atoms with Crippen LogP contribution in [0, 0.1) is 0 Å². The standard InChI is InChI=1S/C17H21N5O3.2H2/c1-17(2,24)13-5-4-11(8-18-13)12-9-19-15-16(21-12)22(6-7-25-3)14(23)10-20-15;;/h4-5,8-9,24H,6-7,10H2,1-3H3,(H,19,20);2*1H. The van der Waals surface area contributed by atoms with Gasteiger partial charge in [-0.2, -0.15) is 0 Å². The number of aliphatic hydroxyl groups is 1. The van der Waals surface area contributed by atoms with Gasteiger partial charge >= 0.3 is 0 Å². The van der Waals surface area contributed by atoms with Gasteiger partial charge in [0.25, 0.3) is 0 Å². The third-order valence-corrected chi connectivity index (χ3v) is 3.92. The number of rotatable bonds is 5. The maximum atomic E-state index is 12.2. The third-order valence-electron chi connectivity index (χ3n) is 3.92. The molecule has 2 aromatic rings. The SMILES string of the molecule is COCCN1C(=O)CNc2ncc(-c3ccc(C(C)(C)O)nc3)nc21.[HH].[HH]. The van der Waals surface area contributed by atoms with Gasteiger partial charge in [-0.1, -0.05) is 0 Å². The lowest BCUT2D eigenvalue weighted by atomic mass is 10.0. The van der Waals surface area contributed by atoms with Gasteiger partial charge in [0.05, 0.1) is 37.3 Å². The molecule has 0 saturated carbocycles. The van der Waals surface area contributed by atoms with Crippen molar-refractivity contribution in [3.8, 4) is 11.3 Å². The summed E-state index contributed by atoms with van der Waals surface area (Å²) in [6.07, 6.45) is 3.28. The molecule has 0 bridgehead atoms. The maximum absolute atomic E-state index is 12.2. The minimum absolute atomic E-state index is 0. The van der Waals surface area contributed by atoms with Crippen LogP contribution in [0.5, 0.6) is 0 Å². The second-order valence-electron chi connectivity index (χ2n) is 6.31. The number of carbonyl (C=O) groups excluding carboxylic acids is 1. The number of amides is 1. The van der Waals surface area contributed by atoms with Crippen LogP contribution in [0.25, 0.3) is 11.3 Å². The molecule has 3 rings (SSSR count). The molecule has 0 aliphatic carbocycles. The lowest BCUT2D eigenvalue weighted by molar-refractivity contribution is -0.117. The van der Waals surface area contributed by atoms with Crippen LogP contribution in [0.2, 0.25) is 0 Å². The van der Waals surface area contributed by atoms with Crippen LogP contribution in [0.15, 0.2) is 24.5 Å². The highest BCUT2D eigenvalue weighted by molar-refractivity contribution is 6.00. The number of nitrogens with zero attached hydrogens (tertiary/aromatic N) is 4. The summed E-state index contributed by atoms with van der Waals surface area (Å²) in [5, 5.41) is 13.0. The van der Waals surface area contributed by atoms with Crippen LogP contribution in [0.4, 0.5) is 11.6 Å². The molecule has 0 spiro atoms. The van der Waals surface area contributed by atoms with Gasteiger partial charge in [0.1, 0.15) is 5.60 Å². The van der Waals surface area contributed by atoms with Crippen molar-refractivity contribution in [2.75, 3.05) is 37.0 Å². The number of ether oxygens (including phenoxy) is 1. The molecule has 0 radical (unpaired) electrons. The molecule has 0 atom stereocenters. The molecule has 3 heterocycles. The first-order valence-corrected chi connectivity index (χ1v) is 7.99. The van der Waals surface area contributed by atoms with E-state index in [-0.39, 0.29) is 15.3 Å². The topological polar surface area (TPSA) is 100 Å². The summed E-state index contributed by atoms with van der Waals surface area (Å²) in [6.45, 7) is 4.38. The predicted octanol–water partition coefficient (Wildman–Crippen LogP) is 1.66. The normalized spacial score (nSPS) is 14.2. The Hall–Kier alpha value is -2.58. The van der Waals surface area contributed by atoms with E-state index in [9.17, 15) is 9.90 Å². The van der Waals surface area contributed by atoms with E-state index in [4.69, 9.17) is 4.74 Å². The van der Waals surface area contributed by atoms with E-state index in [1.165, 1.54) is 0 Å². The smallest absolute Gasteiger partial charge is 0.247 e. The zero-order chi connectivity index (χ0) is 18.0. The summed E-state index contributed by atoms with van der Waals surface area (Å²) in [4.78, 5) is 27.0. The first kappa shape index (κ1) is 17.2. The van der Waals surface area contributed by atoms with Crippen LogP contribution >= 0.6 is 0 Å². The molecule has 8 heteroatoms. The van der Waals surface area contributed by atoms with Crippen LogP contribution in [-0.2, 0) is 15.1 Å². The van der Waals surface area contributed by atoms with Crippen molar-refractivity contribution in [3.05, 3.63) is 30.2 Å². The lowest BCUT2D eigenvalue weighted by Gasteiger charge is -2.28. The van der Waals surface area contributed by atoms with Gasteiger partial charge in [0, 0.05) is 21.7 Å². The quantitative estimate of drug-likeness (QED) is 0.848. The van der Waals surface area contributed by atoms with Gasteiger partial charge in [-0.3, -0.25) is 14.7 Å². The number of carbonyl (C=O) groups is 1. The van der Waals surface area contributed by atoms with Crippen molar-refractivity contribution >= 4 is 17.5 Å². The molecule has 0 saturated heterocycles. The Balaban J connectivity index is 0.00000182. The summed E-state index contributed by atoms with van der Waals surface area (Å²) >= 11 is 0.